The van der Waals surface area contributed by atoms with Crippen LogP contribution in [-0.4, -0.2) is 14.9 Å². The smallest absolute Gasteiger partial charge is 0.0996 e. The molecule has 3 heteroatoms. The number of hydrogen-bond acceptors (Lipinski definition) is 2. The van der Waals surface area contributed by atoms with Crippen LogP contribution in [0.1, 0.15) is 42.5 Å². The second kappa shape index (κ2) is 6.02. The van der Waals surface area contributed by atoms with Gasteiger partial charge in [-0.2, -0.15) is 5.10 Å². The molecule has 0 fully saturated rings. The van der Waals surface area contributed by atoms with Crippen LogP contribution in [-0.2, 0) is 19.4 Å². The highest BCUT2D eigenvalue weighted by atomic mass is 16.3. The van der Waals surface area contributed by atoms with E-state index in [1.54, 1.807) is 0 Å². The molecule has 0 saturated carbocycles. The summed E-state index contributed by atoms with van der Waals surface area (Å²) in [5.41, 5.74) is 4.34. The lowest BCUT2D eigenvalue weighted by Crippen LogP contribution is -2.10. The van der Waals surface area contributed by atoms with Crippen LogP contribution < -0.4 is 0 Å². The van der Waals surface area contributed by atoms with E-state index < -0.39 is 6.10 Å². The van der Waals surface area contributed by atoms with Gasteiger partial charge in [-0.25, -0.2) is 0 Å². The van der Waals surface area contributed by atoms with Gasteiger partial charge in [0.15, 0.2) is 0 Å². The number of nitrogens with zero attached hydrogens (tertiary/aromatic N) is 2. The standard InChI is InChI=1S/C16H22N2O/c1-4-13-6-8-14(9-7-13)11-16(19)15-10-12(3)17-18(15)5-2/h6-10,16,19H,4-5,11H2,1-3H3. The molecule has 0 aliphatic carbocycles. The first-order valence-corrected chi connectivity index (χ1v) is 6.94. The van der Waals surface area contributed by atoms with E-state index in [-0.39, 0.29) is 0 Å². The van der Waals surface area contributed by atoms with Crippen molar-refractivity contribution < 1.29 is 5.11 Å². The maximum Gasteiger partial charge on any atom is 0.0996 e. The van der Waals surface area contributed by atoms with E-state index in [9.17, 15) is 5.11 Å². The Kier molecular flexibility index (Phi) is 4.38. The van der Waals surface area contributed by atoms with Crippen LogP contribution in [0.3, 0.4) is 0 Å². The van der Waals surface area contributed by atoms with Gasteiger partial charge in [0.25, 0.3) is 0 Å². The summed E-state index contributed by atoms with van der Waals surface area (Å²) >= 11 is 0. The maximum absolute atomic E-state index is 10.4. The van der Waals surface area contributed by atoms with Gasteiger partial charge in [-0.3, -0.25) is 4.68 Å². The molecule has 1 heterocycles. The van der Waals surface area contributed by atoms with Gasteiger partial charge in [-0.15, -0.1) is 0 Å². The molecule has 0 spiro atoms. The first-order valence-electron chi connectivity index (χ1n) is 6.94. The van der Waals surface area contributed by atoms with Crippen LogP contribution in [0.2, 0.25) is 0 Å². The van der Waals surface area contributed by atoms with Gasteiger partial charge >= 0.3 is 0 Å². The molecule has 0 amide bonds. The minimum Gasteiger partial charge on any atom is -0.386 e. The molecule has 1 aromatic carbocycles. The van der Waals surface area contributed by atoms with Crippen molar-refractivity contribution in [1.82, 2.24) is 9.78 Å². The number of rotatable bonds is 5. The van der Waals surface area contributed by atoms with Crippen LogP contribution in [0.15, 0.2) is 30.3 Å². The van der Waals surface area contributed by atoms with E-state index in [4.69, 9.17) is 0 Å². The first-order chi connectivity index (χ1) is 9.13. The van der Waals surface area contributed by atoms with Gasteiger partial charge in [0, 0.05) is 13.0 Å². The monoisotopic (exact) mass is 258 g/mol. The summed E-state index contributed by atoms with van der Waals surface area (Å²) in [7, 11) is 0. The summed E-state index contributed by atoms with van der Waals surface area (Å²) in [5, 5.41) is 14.7. The summed E-state index contributed by atoms with van der Waals surface area (Å²) in [4.78, 5) is 0. The number of aryl methyl sites for hydroxylation is 3. The van der Waals surface area contributed by atoms with Crippen molar-refractivity contribution in [3.05, 3.63) is 52.8 Å². The number of aliphatic hydroxyl groups is 1. The number of hydrogen-bond donors (Lipinski definition) is 1. The van der Waals surface area contributed by atoms with Gasteiger partial charge in [0.1, 0.15) is 0 Å². The van der Waals surface area contributed by atoms with E-state index in [1.807, 2.05) is 24.6 Å². The van der Waals surface area contributed by atoms with Crippen molar-refractivity contribution in [3.8, 4) is 0 Å². The van der Waals surface area contributed by atoms with E-state index in [0.29, 0.717) is 6.42 Å². The molecule has 0 radical (unpaired) electrons. The molecule has 1 unspecified atom stereocenters. The predicted molar refractivity (Wildman–Crippen MR) is 77.1 cm³/mol. The van der Waals surface area contributed by atoms with Gasteiger partial charge in [0.05, 0.1) is 17.5 Å². The van der Waals surface area contributed by atoms with Crippen molar-refractivity contribution in [2.24, 2.45) is 0 Å². The van der Waals surface area contributed by atoms with Crippen molar-refractivity contribution in [1.29, 1.82) is 0 Å². The Balaban J connectivity index is 2.12. The SMILES string of the molecule is CCc1ccc(CC(O)c2cc(C)nn2CC)cc1. The van der Waals surface area contributed by atoms with Gasteiger partial charge in [-0.1, -0.05) is 31.2 Å². The molecule has 2 aromatic rings. The van der Waals surface area contributed by atoms with E-state index in [0.717, 1.165) is 29.9 Å². The highest BCUT2D eigenvalue weighted by Crippen LogP contribution is 2.20. The molecule has 0 saturated heterocycles. The quantitative estimate of drug-likeness (QED) is 0.895. The largest absolute Gasteiger partial charge is 0.386 e. The van der Waals surface area contributed by atoms with Gasteiger partial charge in [0.2, 0.25) is 0 Å². The highest BCUT2D eigenvalue weighted by molar-refractivity contribution is 5.24. The number of benzene rings is 1. The molecule has 0 aliphatic rings. The van der Waals surface area contributed by atoms with E-state index in [1.165, 1.54) is 5.56 Å². The Labute approximate surface area is 114 Å². The Morgan fingerprint density at radius 1 is 1.16 bits per heavy atom. The van der Waals surface area contributed by atoms with Crippen molar-refractivity contribution in [2.75, 3.05) is 0 Å². The maximum atomic E-state index is 10.4. The fourth-order valence-corrected chi connectivity index (χ4v) is 2.33. The number of aliphatic hydroxyl groups excluding tert-OH is 1. The second-order valence-electron chi connectivity index (χ2n) is 4.92. The third-order valence-corrected chi connectivity index (χ3v) is 3.43. The zero-order valence-corrected chi connectivity index (χ0v) is 11.9. The minimum atomic E-state index is -0.492. The molecule has 1 aromatic heterocycles. The molecular weight excluding hydrogens is 236 g/mol. The lowest BCUT2D eigenvalue weighted by molar-refractivity contribution is 0.167. The van der Waals surface area contributed by atoms with Crippen LogP contribution in [0.4, 0.5) is 0 Å². The van der Waals surface area contributed by atoms with Crippen LogP contribution in [0.25, 0.3) is 0 Å². The first kappa shape index (κ1) is 13.8. The van der Waals surface area contributed by atoms with Crippen molar-refractivity contribution >= 4 is 0 Å². The minimum absolute atomic E-state index is 0.492. The topological polar surface area (TPSA) is 38.1 Å². The summed E-state index contributed by atoms with van der Waals surface area (Å²) in [6, 6.07) is 10.4. The number of aromatic nitrogens is 2. The van der Waals surface area contributed by atoms with E-state index >= 15 is 0 Å². The Bertz CT molecular complexity index is 528. The Morgan fingerprint density at radius 2 is 1.79 bits per heavy atom. The highest BCUT2D eigenvalue weighted by Gasteiger charge is 2.14. The van der Waals surface area contributed by atoms with E-state index in [2.05, 4.69) is 36.3 Å². The Morgan fingerprint density at radius 3 is 2.37 bits per heavy atom. The molecule has 1 atom stereocenters. The molecule has 0 aliphatic heterocycles. The van der Waals surface area contributed by atoms with Crippen molar-refractivity contribution in [3.63, 3.8) is 0 Å². The molecule has 19 heavy (non-hydrogen) atoms. The van der Waals surface area contributed by atoms with Crippen LogP contribution in [0.5, 0.6) is 0 Å². The van der Waals surface area contributed by atoms with Crippen molar-refractivity contribution in [2.45, 2.75) is 46.3 Å². The second-order valence-corrected chi connectivity index (χ2v) is 4.92. The molecule has 1 N–H and O–H groups in total. The zero-order chi connectivity index (χ0) is 13.8. The lowest BCUT2D eigenvalue weighted by Gasteiger charge is -2.12. The summed E-state index contributed by atoms with van der Waals surface area (Å²) in [6.07, 6.45) is 1.19. The van der Waals surface area contributed by atoms with Gasteiger partial charge in [-0.05, 0) is 37.5 Å². The zero-order valence-electron chi connectivity index (χ0n) is 11.9. The lowest BCUT2D eigenvalue weighted by atomic mass is 10.0. The summed E-state index contributed by atoms with van der Waals surface area (Å²) in [5.74, 6) is 0. The normalized spacial score (nSPS) is 12.6. The van der Waals surface area contributed by atoms with Crippen LogP contribution in [0, 0.1) is 6.92 Å². The third kappa shape index (κ3) is 3.24. The fourth-order valence-electron chi connectivity index (χ4n) is 2.33. The third-order valence-electron chi connectivity index (χ3n) is 3.43. The molecule has 3 nitrogen and oxygen atoms in total. The Hall–Kier alpha value is -1.61. The summed E-state index contributed by atoms with van der Waals surface area (Å²) < 4.78 is 1.88. The molecule has 102 valence electrons. The van der Waals surface area contributed by atoms with Gasteiger partial charge < -0.3 is 5.11 Å². The predicted octanol–water partition coefficient (Wildman–Crippen LogP) is 3.05. The molecule has 2 rings (SSSR count). The fraction of sp³-hybridized carbons (Fsp3) is 0.438. The average Bonchev–Trinajstić information content (AvgIpc) is 2.81. The summed E-state index contributed by atoms with van der Waals surface area (Å²) in [6.45, 7) is 6.93. The average molecular weight is 258 g/mol. The van der Waals surface area contributed by atoms with Crippen LogP contribution >= 0.6 is 0 Å². The molecular formula is C16H22N2O. The molecule has 0 bridgehead atoms.